The minimum absolute atomic E-state index is 0.163. The van der Waals surface area contributed by atoms with E-state index in [0.29, 0.717) is 16.9 Å². The Labute approximate surface area is 189 Å². The highest BCUT2D eigenvalue weighted by Crippen LogP contribution is 2.58. The highest BCUT2D eigenvalue weighted by molar-refractivity contribution is 7.84. The molecule has 5 atom stereocenters. The van der Waals surface area contributed by atoms with Crippen molar-refractivity contribution >= 4 is 28.6 Å². The van der Waals surface area contributed by atoms with Crippen molar-refractivity contribution in [2.24, 2.45) is 23.2 Å². The number of carboxylic acids is 1. The van der Waals surface area contributed by atoms with Crippen molar-refractivity contribution in [2.75, 3.05) is 0 Å². The van der Waals surface area contributed by atoms with Crippen LogP contribution >= 0.6 is 11.6 Å². The minimum Gasteiger partial charge on any atom is -0.481 e. The number of halogens is 1. The van der Waals surface area contributed by atoms with Gasteiger partial charge in [0.15, 0.2) is 0 Å². The van der Waals surface area contributed by atoms with Gasteiger partial charge in [0.25, 0.3) is 0 Å². The normalized spacial score (nSPS) is 23.7. The van der Waals surface area contributed by atoms with Crippen LogP contribution < -0.4 is 4.72 Å². The number of hydrogen-bond acceptors (Lipinski definition) is 2. The molecule has 170 valence electrons. The first-order chi connectivity index (χ1) is 13.5. The van der Waals surface area contributed by atoms with Gasteiger partial charge in [-0.15, -0.1) is 0 Å². The van der Waals surface area contributed by atoms with Gasteiger partial charge in [0, 0.05) is 5.02 Å². The maximum atomic E-state index is 13.0. The van der Waals surface area contributed by atoms with Gasteiger partial charge in [0.1, 0.15) is 0 Å². The standard InChI is InChI=1S/C24H38ClNO3S/c1-14(2)20(21(27)28)24(9,26-30(29)23(6,7)8)15-10-11-16(19(25)12-15)17-13-18(17)22(3,4)5/h10-12,14,17-18,20,26H,13H2,1-9H3,(H,27,28)/t17-,18+,20-,24?,30-/m0/s1. The van der Waals surface area contributed by atoms with Gasteiger partial charge in [-0.05, 0) is 74.5 Å². The summed E-state index contributed by atoms with van der Waals surface area (Å²) in [5, 5.41) is 10.7. The van der Waals surface area contributed by atoms with E-state index in [1.165, 1.54) is 0 Å². The highest BCUT2D eigenvalue weighted by atomic mass is 35.5. The van der Waals surface area contributed by atoms with Crippen molar-refractivity contribution in [3.05, 3.63) is 34.3 Å². The lowest BCUT2D eigenvalue weighted by Crippen LogP contribution is -2.54. The molecular weight excluding hydrogens is 418 g/mol. The Morgan fingerprint density at radius 2 is 1.73 bits per heavy atom. The molecule has 4 nitrogen and oxygen atoms in total. The van der Waals surface area contributed by atoms with Crippen molar-refractivity contribution in [1.29, 1.82) is 0 Å². The summed E-state index contributed by atoms with van der Waals surface area (Å²) in [6.07, 6.45) is 1.12. The average Bonchev–Trinajstić information content (AvgIpc) is 3.33. The van der Waals surface area contributed by atoms with E-state index in [1.807, 2.05) is 59.7 Å². The lowest BCUT2D eigenvalue weighted by Gasteiger charge is -2.40. The summed E-state index contributed by atoms with van der Waals surface area (Å²) in [7, 11) is -1.44. The minimum atomic E-state index is -1.44. The van der Waals surface area contributed by atoms with Gasteiger partial charge in [-0.2, -0.15) is 0 Å². The molecule has 0 saturated heterocycles. The predicted octanol–water partition coefficient (Wildman–Crippen LogP) is 6.11. The maximum Gasteiger partial charge on any atom is 0.309 e. The third kappa shape index (κ3) is 5.28. The molecule has 2 N–H and O–H groups in total. The molecule has 30 heavy (non-hydrogen) atoms. The molecule has 0 aromatic heterocycles. The Balaban J connectivity index is 2.50. The van der Waals surface area contributed by atoms with Gasteiger partial charge in [-0.3, -0.25) is 4.79 Å². The van der Waals surface area contributed by atoms with Crippen LogP contribution in [0.3, 0.4) is 0 Å². The fourth-order valence-electron chi connectivity index (χ4n) is 4.49. The third-order valence-electron chi connectivity index (χ3n) is 6.32. The van der Waals surface area contributed by atoms with Gasteiger partial charge < -0.3 is 5.11 Å². The van der Waals surface area contributed by atoms with Crippen molar-refractivity contribution in [1.82, 2.24) is 4.72 Å². The van der Waals surface area contributed by atoms with Gasteiger partial charge in [-0.25, -0.2) is 8.93 Å². The average molecular weight is 456 g/mol. The predicted molar refractivity (Wildman–Crippen MR) is 126 cm³/mol. The van der Waals surface area contributed by atoms with E-state index in [0.717, 1.165) is 17.5 Å². The highest BCUT2D eigenvalue weighted by Gasteiger charge is 2.48. The van der Waals surface area contributed by atoms with Gasteiger partial charge in [0.2, 0.25) is 0 Å². The molecule has 0 bridgehead atoms. The molecule has 1 aromatic carbocycles. The largest absolute Gasteiger partial charge is 0.481 e. The van der Waals surface area contributed by atoms with Crippen LogP contribution in [0.1, 0.15) is 85.8 Å². The summed E-state index contributed by atoms with van der Waals surface area (Å²) in [5.74, 6) is -0.810. The maximum absolute atomic E-state index is 13.0. The van der Waals surface area contributed by atoms with E-state index in [2.05, 4.69) is 25.5 Å². The van der Waals surface area contributed by atoms with E-state index < -0.39 is 33.2 Å². The Morgan fingerprint density at radius 1 is 1.17 bits per heavy atom. The molecule has 0 aliphatic heterocycles. The van der Waals surface area contributed by atoms with Crippen molar-refractivity contribution in [3.63, 3.8) is 0 Å². The van der Waals surface area contributed by atoms with Gasteiger partial charge >= 0.3 is 5.97 Å². The van der Waals surface area contributed by atoms with Crippen molar-refractivity contribution in [3.8, 4) is 0 Å². The monoisotopic (exact) mass is 455 g/mol. The number of aliphatic carboxylic acids is 1. The molecule has 6 heteroatoms. The summed E-state index contributed by atoms with van der Waals surface area (Å²) in [6, 6.07) is 5.87. The second kappa shape index (κ2) is 8.55. The van der Waals surface area contributed by atoms with Crippen LogP contribution in [0.25, 0.3) is 0 Å². The van der Waals surface area contributed by atoms with Crippen LogP contribution in [-0.2, 0) is 21.3 Å². The zero-order valence-electron chi connectivity index (χ0n) is 19.8. The Morgan fingerprint density at radius 3 is 2.10 bits per heavy atom. The number of carboxylic acid groups (broad SMARTS) is 1. The van der Waals surface area contributed by atoms with Crippen LogP contribution in [0.15, 0.2) is 18.2 Å². The summed E-state index contributed by atoms with van der Waals surface area (Å²) < 4.78 is 15.6. The summed E-state index contributed by atoms with van der Waals surface area (Å²) in [5.41, 5.74) is 1.07. The Kier molecular flexibility index (Phi) is 7.23. The number of nitrogens with one attached hydrogen (secondary N) is 1. The second-order valence-corrected chi connectivity index (χ2v) is 13.7. The van der Waals surface area contributed by atoms with E-state index in [4.69, 9.17) is 11.6 Å². The summed E-state index contributed by atoms with van der Waals surface area (Å²) in [6.45, 7) is 18.0. The fraction of sp³-hybridized carbons (Fsp3) is 0.708. The van der Waals surface area contributed by atoms with Crippen LogP contribution in [0, 0.1) is 23.2 Å². The van der Waals surface area contributed by atoms with E-state index >= 15 is 0 Å². The first kappa shape index (κ1) is 25.4. The molecule has 1 aliphatic rings. The van der Waals surface area contributed by atoms with Crippen molar-refractivity contribution in [2.45, 2.75) is 84.9 Å². The van der Waals surface area contributed by atoms with Crippen molar-refractivity contribution < 1.29 is 14.1 Å². The summed E-state index contributed by atoms with van der Waals surface area (Å²) >= 11 is 6.73. The molecule has 0 radical (unpaired) electrons. The Bertz CT molecular complexity index is 825. The molecule has 1 aromatic rings. The molecule has 0 heterocycles. The number of rotatable bonds is 7. The molecular formula is C24H38ClNO3S. The molecule has 0 amide bonds. The van der Waals surface area contributed by atoms with Crippen LogP contribution in [-0.4, -0.2) is 20.0 Å². The molecule has 0 spiro atoms. The van der Waals surface area contributed by atoms with Crippen LogP contribution in [0.5, 0.6) is 0 Å². The lowest BCUT2D eigenvalue weighted by atomic mass is 9.74. The zero-order chi connectivity index (χ0) is 23.2. The topological polar surface area (TPSA) is 66.4 Å². The van der Waals surface area contributed by atoms with E-state index in [-0.39, 0.29) is 11.3 Å². The van der Waals surface area contributed by atoms with Gasteiger partial charge in [0.05, 0.1) is 27.2 Å². The number of hydrogen-bond donors (Lipinski definition) is 2. The number of benzene rings is 1. The molecule has 2 rings (SSSR count). The summed E-state index contributed by atoms with van der Waals surface area (Å²) in [4.78, 5) is 12.2. The van der Waals surface area contributed by atoms with E-state index in [9.17, 15) is 14.1 Å². The number of carbonyl (C=O) groups is 1. The molecule has 1 saturated carbocycles. The first-order valence-corrected chi connectivity index (χ1v) is 12.3. The van der Waals surface area contributed by atoms with Gasteiger partial charge in [-0.1, -0.05) is 58.4 Å². The molecule has 1 aliphatic carbocycles. The van der Waals surface area contributed by atoms with E-state index in [1.54, 1.807) is 0 Å². The quantitative estimate of drug-likeness (QED) is 0.520. The van der Waals surface area contributed by atoms with Crippen LogP contribution in [0.4, 0.5) is 0 Å². The SMILES string of the molecule is CC(C)[C@@H](C(=O)O)C(C)(N[S@@](=O)C(C)(C)C)c1ccc([C@@H]2C[C@H]2C(C)(C)C)c(Cl)c1. The Hall–Kier alpha value is -0.910. The lowest BCUT2D eigenvalue weighted by molar-refractivity contribution is -0.146. The van der Waals surface area contributed by atoms with Crippen LogP contribution in [0.2, 0.25) is 5.02 Å². The molecule has 1 unspecified atom stereocenters. The second-order valence-electron chi connectivity index (χ2n) is 11.3. The zero-order valence-corrected chi connectivity index (χ0v) is 21.4. The third-order valence-corrected chi connectivity index (χ3v) is 8.37. The smallest absolute Gasteiger partial charge is 0.309 e. The first-order valence-electron chi connectivity index (χ1n) is 10.7. The fourth-order valence-corrected chi connectivity index (χ4v) is 5.75. The molecule has 1 fully saturated rings.